The maximum Gasteiger partial charge on any atom is 0.311 e. The summed E-state index contributed by atoms with van der Waals surface area (Å²) in [4.78, 5) is 27.3. The molecular weight excluding hydrogens is 407 g/mol. The molecule has 1 aromatic carbocycles. The van der Waals surface area contributed by atoms with Crippen LogP contribution in [0.4, 0.5) is 5.13 Å². The number of aromatic nitrogens is 1. The number of nitrogens with zero attached hydrogens (tertiary/aromatic N) is 1. The number of hydrogen-bond acceptors (Lipinski definition) is 6. The first-order valence-corrected chi connectivity index (χ1v) is 7.76. The molecule has 1 aromatic heterocycles. The van der Waals surface area contributed by atoms with Crippen molar-refractivity contribution in [3.05, 3.63) is 38.4 Å². The summed E-state index contributed by atoms with van der Waals surface area (Å²) in [6.45, 7) is 0. The predicted octanol–water partition coefficient (Wildman–Crippen LogP) is 2.42. The maximum atomic E-state index is 12.0. The minimum Gasteiger partial charge on any atom is -0.507 e. The Morgan fingerprint density at radius 3 is 2.90 bits per heavy atom. The average molecular weight is 418 g/mol. The number of nitrogens with one attached hydrogen (secondary N) is 1. The largest absolute Gasteiger partial charge is 0.507 e. The van der Waals surface area contributed by atoms with Gasteiger partial charge in [0.25, 0.3) is 5.91 Å². The molecule has 0 aliphatic heterocycles. The minimum atomic E-state index is -0.388. The fourth-order valence-corrected chi connectivity index (χ4v) is 2.53. The molecule has 0 unspecified atom stereocenters. The van der Waals surface area contributed by atoms with Gasteiger partial charge in [0.2, 0.25) is 0 Å². The summed E-state index contributed by atoms with van der Waals surface area (Å²) in [6.07, 6.45) is 0.0627. The number of rotatable bonds is 4. The SMILES string of the molecule is COC(=O)Cc1csc(NC(=O)c2ccc(I)c(O)c2)n1. The number of amides is 1. The third-order valence-corrected chi connectivity index (χ3v) is 4.25. The van der Waals surface area contributed by atoms with Gasteiger partial charge in [-0.2, -0.15) is 0 Å². The number of benzene rings is 1. The van der Waals surface area contributed by atoms with E-state index in [0.717, 1.165) is 0 Å². The molecule has 0 bridgehead atoms. The molecular formula is C13H11IN2O4S. The zero-order chi connectivity index (χ0) is 15.4. The van der Waals surface area contributed by atoms with Crippen LogP contribution in [0.15, 0.2) is 23.6 Å². The summed E-state index contributed by atoms with van der Waals surface area (Å²) in [5.41, 5.74) is 0.866. The van der Waals surface area contributed by atoms with Crippen molar-refractivity contribution in [2.75, 3.05) is 12.4 Å². The van der Waals surface area contributed by atoms with E-state index in [1.807, 2.05) is 22.6 Å². The maximum absolute atomic E-state index is 12.0. The van der Waals surface area contributed by atoms with E-state index in [1.54, 1.807) is 17.5 Å². The summed E-state index contributed by atoms with van der Waals surface area (Å²) >= 11 is 3.19. The number of esters is 1. The number of aromatic hydroxyl groups is 1. The van der Waals surface area contributed by atoms with E-state index in [1.165, 1.54) is 24.5 Å². The van der Waals surface area contributed by atoms with Gasteiger partial charge < -0.3 is 9.84 Å². The molecule has 6 nitrogen and oxygen atoms in total. The van der Waals surface area contributed by atoms with Crippen molar-refractivity contribution in [2.24, 2.45) is 0 Å². The third kappa shape index (κ3) is 4.14. The van der Waals surface area contributed by atoms with Gasteiger partial charge in [-0.1, -0.05) is 0 Å². The molecule has 21 heavy (non-hydrogen) atoms. The van der Waals surface area contributed by atoms with Crippen LogP contribution in [-0.2, 0) is 16.0 Å². The van der Waals surface area contributed by atoms with Crippen molar-refractivity contribution < 1.29 is 19.4 Å². The molecule has 0 saturated carbocycles. The van der Waals surface area contributed by atoms with Crippen LogP contribution in [0.25, 0.3) is 0 Å². The lowest BCUT2D eigenvalue weighted by Gasteiger charge is -2.03. The third-order valence-electron chi connectivity index (χ3n) is 2.53. The minimum absolute atomic E-state index is 0.0498. The highest BCUT2D eigenvalue weighted by molar-refractivity contribution is 14.1. The fraction of sp³-hybridized carbons (Fsp3) is 0.154. The van der Waals surface area contributed by atoms with Gasteiger partial charge in [0.15, 0.2) is 5.13 Å². The second-order valence-electron chi connectivity index (χ2n) is 4.02. The first kappa shape index (κ1) is 15.7. The number of anilines is 1. The Balaban J connectivity index is 2.05. The van der Waals surface area contributed by atoms with Crippen molar-refractivity contribution >= 4 is 50.9 Å². The van der Waals surface area contributed by atoms with Gasteiger partial charge in [-0.05, 0) is 40.8 Å². The number of thiazole rings is 1. The molecule has 0 radical (unpaired) electrons. The molecule has 2 rings (SSSR count). The molecule has 8 heteroatoms. The highest BCUT2D eigenvalue weighted by Crippen LogP contribution is 2.22. The average Bonchev–Trinajstić information content (AvgIpc) is 2.88. The van der Waals surface area contributed by atoms with Gasteiger partial charge in [0.1, 0.15) is 5.75 Å². The highest BCUT2D eigenvalue weighted by atomic mass is 127. The summed E-state index contributed by atoms with van der Waals surface area (Å²) < 4.78 is 5.21. The second-order valence-corrected chi connectivity index (χ2v) is 6.04. The zero-order valence-corrected chi connectivity index (χ0v) is 13.9. The van der Waals surface area contributed by atoms with Crippen LogP contribution in [0.1, 0.15) is 16.1 Å². The summed E-state index contributed by atoms with van der Waals surface area (Å²) in [7, 11) is 1.31. The van der Waals surface area contributed by atoms with Gasteiger partial charge in [0.05, 0.1) is 22.8 Å². The van der Waals surface area contributed by atoms with Crippen LogP contribution >= 0.6 is 33.9 Å². The molecule has 0 saturated heterocycles. The molecule has 0 aliphatic carbocycles. The molecule has 0 aliphatic rings. The Morgan fingerprint density at radius 1 is 1.48 bits per heavy atom. The van der Waals surface area contributed by atoms with Crippen LogP contribution in [0.2, 0.25) is 0 Å². The van der Waals surface area contributed by atoms with Crippen LogP contribution in [0.3, 0.4) is 0 Å². The van der Waals surface area contributed by atoms with Crippen molar-refractivity contribution in [2.45, 2.75) is 6.42 Å². The van der Waals surface area contributed by atoms with E-state index in [4.69, 9.17) is 0 Å². The Labute approximate surface area is 138 Å². The van der Waals surface area contributed by atoms with Crippen LogP contribution in [-0.4, -0.2) is 29.1 Å². The van der Waals surface area contributed by atoms with Crippen molar-refractivity contribution in [3.8, 4) is 5.75 Å². The Bertz CT molecular complexity index is 687. The van der Waals surface area contributed by atoms with Gasteiger partial charge >= 0.3 is 5.97 Å². The van der Waals surface area contributed by atoms with E-state index in [9.17, 15) is 14.7 Å². The fourth-order valence-electron chi connectivity index (χ4n) is 1.49. The van der Waals surface area contributed by atoms with Crippen LogP contribution < -0.4 is 5.32 Å². The number of methoxy groups -OCH3 is 1. The van der Waals surface area contributed by atoms with Crippen molar-refractivity contribution in [1.29, 1.82) is 0 Å². The van der Waals surface area contributed by atoms with E-state index in [0.29, 0.717) is 20.0 Å². The molecule has 2 N–H and O–H groups in total. The van der Waals surface area contributed by atoms with Gasteiger partial charge in [-0.3, -0.25) is 14.9 Å². The monoisotopic (exact) mass is 418 g/mol. The lowest BCUT2D eigenvalue weighted by atomic mass is 10.2. The molecule has 0 atom stereocenters. The lowest BCUT2D eigenvalue weighted by Crippen LogP contribution is -2.12. The number of hydrogen-bond donors (Lipinski definition) is 2. The smallest absolute Gasteiger partial charge is 0.311 e. The topological polar surface area (TPSA) is 88.5 Å². The number of phenolic OH excluding ortho intramolecular Hbond substituents is 1. The standard InChI is InChI=1S/C13H11IN2O4S/c1-20-11(18)5-8-6-21-13(15-8)16-12(19)7-2-3-9(14)10(17)4-7/h2-4,6,17H,5H2,1H3,(H,15,16,19). The second kappa shape index (κ2) is 6.85. The van der Waals surface area contributed by atoms with Crippen molar-refractivity contribution in [3.63, 3.8) is 0 Å². The van der Waals surface area contributed by atoms with Crippen LogP contribution in [0.5, 0.6) is 5.75 Å². The van der Waals surface area contributed by atoms with Crippen molar-refractivity contribution in [1.82, 2.24) is 4.98 Å². The Kier molecular flexibility index (Phi) is 5.12. The van der Waals surface area contributed by atoms with E-state index < -0.39 is 0 Å². The highest BCUT2D eigenvalue weighted by Gasteiger charge is 2.12. The molecule has 110 valence electrons. The molecule has 2 aromatic rings. The summed E-state index contributed by atoms with van der Waals surface area (Å²) in [5.74, 6) is -0.713. The zero-order valence-electron chi connectivity index (χ0n) is 10.9. The number of ether oxygens (including phenoxy) is 1. The number of carbonyl (C=O) groups is 2. The van der Waals surface area contributed by atoms with E-state index in [-0.39, 0.29) is 24.0 Å². The van der Waals surface area contributed by atoms with Gasteiger partial charge in [-0.25, -0.2) is 4.98 Å². The Hall–Kier alpha value is -1.68. The van der Waals surface area contributed by atoms with E-state index in [2.05, 4.69) is 15.0 Å². The molecule has 0 fully saturated rings. The first-order chi connectivity index (χ1) is 9.99. The molecule has 1 heterocycles. The number of phenols is 1. The van der Waals surface area contributed by atoms with Gasteiger partial charge in [-0.15, -0.1) is 11.3 Å². The summed E-state index contributed by atoms with van der Waals surface area (Å²) in [6, 6.07) is 4.65. The number of halogens is 1. The first-order valence-electron chi connectivity index (χ1n) is 5.80. The lowest BCUT2D eigenvalue weighted by molar-refractivity contribution is -0.139. The normalized spacial score (nSPS) is 10.2. The molecule has 1 amide bonds. The predicted molar refractivity (Wildman–Crippen MR) is 86.6 cm³/mol. The number of carbonyl (C=O) groups excluding carboxylic acids is 2. The van der Waals surface area contributed by atoms with Gasteiger partial charge in [0, 0.05) is 10.9 Å². The quantitative estimate of drug-likeness (QED) is 0.588. The Morgan fingerprint density at radius 2 is 2.24 bits per heavy atom. The molecule has 0 spiro atoms. The summed E-state index contributed by atoms with van der Waals surface area (Å²) in [5, 5.41) is 14.3. The van der Waals surface area contributed by atoms with E-state index >= 15 is 0 Å². The van der Waals surface area contributed by atoms with Crippen LogP contribution in [0, 0.1) is 3.57 Å².